The third-order valence-electron chi connectivity index (χ3n) is 4.37. The van der Waals surface area contributed by atoms with Crippen LogP contribution >= 0.6 is 15.9 Å². The van der Waals surface area contributed by atoms with Crippen LogP contribution in [-0.2, 0) is 10.0 Å². The van der Waals surface area contributed by atoms with Crippen LogP contribution in [0.4, 0.5) is 5.69 Å². The van der Waals surface area contributed by atoms with E-state index < -0.39 is 10.0 Å². The molecule has 0 aliphatic carbocycles. The molecule has 2 aliphatic heterocycles. The van der Waals surface area contributed by atoms with Gasteiger partial charge in [0.25, 0.3) is 0 Å². The van der Waals surface area contributed by atoms with Crippen molar-refractivity contribution in [3.05, 3.63) is 22.7 Å². The molecule has 1 aromatic rings. The second-order valence-corrected chi connectivity index (χ2v) is 8.50. The van der Waals surface area contributed by atoms with Crippen molar-refractivity contribution in [3.8, 4) is 0 Å². The second kappa shape index (κ2) is 5.87. The van der Waals surface area contributed by atoms with Crippen LogP contribution in [0.2, 0.25) is 0 Å². The van der Waals surface area contributed by atoms with Gasteiger partial charge in [0.1, 0.15) is 0 Å². The van der Waals surface area contributed by atoms with Gasteiger partial charge < -0.3 is 5.73 Å². The highest BCUT2D eigenvalue weighted by atomic mass is 79.9. The van der Waals surface area contributed by atoms with Gasteiger partial charge in [-0.25, -0.2) is 8.42 Å². The number of hydrogen-bond donors (Lipinski definition) is 1. The first-order valence-electron chi connectivity index (χ1n) is 7.28. The molecule has 3 rings (SSSR count). The fourth-order valence-electron chi connectivity index (χ4n) is 3.20. The van der Waals surface area contributed by atoms with Gasteiger partial charge in [-0.3, -0.25) is 4.90 Å². The van der Waals surface area contributed by atoms with Gasteiger partial charge in [0.15, 0.2) is 0 Å². The molecule has 0 bridgehead atoms. The quantitative estimate of drug-likeness (QED) is 0.803. The Morgan fingerprint density at radius 1 is 1.19 bits per heavy atom. The van der Waals surface area contributed by atoms with E-state index in [9.17, 15) is 8.42 Å². The van der Waals surface area contributed by atoms with E-state index in [-0.39, 0.29) is 4.90 Å². The van der Waals surface area contributed by atoms with E-state index in [1.54, 1.807) is 16.4 Å². The summed E-state index contributed by atoms with van der Waals surface area (Å²) in [6.45, 7) is 3.06. The molecule has 0 spiro atoms. The fraction of sp³-hybridized carbons (Fsp3) is 0.571. The fourth-order valence-corrected chi connectivity index (χ4v) is 5.63. The number of anilines is 1. The lowest BCUT2D eigenvalue weighted by molar-refractivity contribution is 0.0851. The summed E-state index contributed by atoms with van der Waals surface area (Å²) in [5.41, 5.74) is 6.21. The number of fused-ring (bicyclic) bond motifs is 1. The largest absolute Gasteiger partial charge is 0.399 e. The first-order chi connectivity index (χ1) is 9.98. The molecule has 1 atom stereocenters. The number of nitrogens with zero attached hydrogens (tertiary/aromatic N) is 2. The lowest BCUT2D eigenvalue weighted by Gasteiger charge is -2.43. The number of nitrogens with two attached hydrogens (primary N) is 1. The van der Waals surface area contributed by atoms with E-state index in [0.717, 1.165) is 19.5 Å². The predicted molar refractivity (Wildman–Crippen MR) is 86.5 cm³/mol. The Hall–Kier alpha value is -0.630. The highest BCUT2D eigenvalue weighted by molar-refractivity contribution is 9.10. The highest BCUT2D eigenvalue weighted by Crippen LogP contribution is 2.30. The van der Waals surface area contributed by atoms with E-state index in [1.165, 1.54) is 18.9 Å². The average Bonchev–Trinajstić information content (AvgIpc) is 2.49. The molecular formula is C14H20BrN3O2S. The molecule has 2 N–H and O–H groups in total. The first kappa shape index (κ1) is 15.3. The summed E-state index contributed by atoms with van der Waals surface area (Å²) < 4.78 is 27.9. The minimum absolute atomic E-state index is 0.270. The van der Waals surface area contributed by atoms with Crippen LogP contribution in [0, 0.1) is 0 Å². The van der Waals surface area contributed by atoms with Crippen molar-refractivity contribution in [2.24, 2.45) is 0 Å². The summed E-state index contributed by atoms with van der Waals surface area (Å²) >= 11 is 3.33. The Morgan fingerprint density at radius 3 is 2.81 bits per heavy atom. The van der Waals surface area contributed by atoms with Crippen LogP contribution in [0.3, 0.4) is 0 Å². The number of rotatable bonds is 2. The normalized spacial score (nSPS) is 24.7. The van der Waals surface area contributed by atoms with Crippen molar-refractivity contribution >= 4 is 31.6 Å². The molecule has 0 saturated carbocycles. The van der Waals surface area contributed by atoms with Gasteiger partial charge >= 0.3 is 0 Å². The maximum Gasteiger partial charge on any atom is 0.244 e. The summed E-state index contributed by atoms with van der Waals surface area (Å²) in [5.74, 6) is 0. The summed E-state index contributed by atoms with van der Waals surface area (Å²) in [6, 6.07) is 5.29. The minimum Gasteiger partial charge on any atom is -0.399 e. The molecule has 0 radical (unpaired) electrons. The number of piperazine rings is 1. The van der Waals surface area contributed by atoms with Gasteiger partial charge in [0, 0.05) is 35.8 Å². The molecule has 1 aromatic carbocycles. The van der Waals surface area contributed by atoms with Gasteiger partial charge in [-0.15, -0.1) is 0 Å². The van der Waals surface area contributed by atoms with E-state index in [0.29, 0.717) is 29.3 Å². The summed E-state index contributed by atoms with van der Waals surface area (Å²) in [5, 5.41) is 0. The number of nitrogen functional groups attached to an aromatic ring is 1. The number of benzene rings is 1. The zero-order valence-corrected chi connectivity index (χ0v) is 14.2. The van der Waals surface area contributed by atoms with Crippen LogP contribution in [-0.4, -0.2) is 49.8 Å². The Bertz CT molecular complexity index is 635. The Morgan fingerprint density at radius 2 is 2.00 bits per heavy atom. The van der Waals surface area contributed by atoms with Crippen molar-refractivity contribution in [1.82, 2.24) is 9.21 Å². The molecule has 5 nitrogen and oxygen atoms in total. The first-order valence-corrected chi connectivity index (χ1v) is 9.51. The van der Waals surface area contributed by atoms with Crippen LogP contribution < -0.4 is 5.73 Å². The molecule has 0 amide bonds. The molecule has 21 heavy (non-hydrogen) atoms. The second-order valence-electron chi connectivity index (χ2n) is 5.74. The number of halogens is 1. The standard InChI is InChI=1S/C14H20BrN3O2S/c15-13-5-4-11(16)9-14(13)21(19,20)18-8-7-17-6-2-1-3-12(17)10-18/h4-5,9,12H,1-3,6-8,10,16H2. The third-order valence-corrected chi connectivity index (χ3v) is 7.23. The van der Waals surface area contributed by atoms with Gasteiger partial charge in [0.05, 0.1) is 4.90 Å². The van der Waals surface area contributed by atoms with Gasteiger partial charge in [-0.1, -0.05) is 6.42 Å². The molecule has 7 heteroatoms. The Balaban J connectivity index is 1.86. The summed E-state index contributed by atoms with van der Waals surface area (Å²) in [4.78, 5) is 2.69. The highest BCUT2D eigenvalue weighted by Gasteiger charge is 2.35. The van der Waals surface area contributed by atoms with Gasteiger partial charge in [0.2, 0.25) is 10.0 Å². The van der Waals surface area contributed by atoms with Crippen LogP contribution in [0.1, 0.15) is 19.3 Å². The van der Waals surface area contributed by atoms with Crippen LogP contribution in [0.5, 0.6) is 0 Å². The summed E-state index contributed by atoms with van der Waals surface area (Å²) in [7, 11) is -3.49. The van der Waals surface area contributed by atoms with Crippen molar-refractivity contribution in [1.29, 1.82) is 0 Å². The SMILES string of the molecule is Nc1ccc(Br)c(S(=O)(=O)N2CCN3CCCCC3C2)c1. The van der Waals surface area contributed by atoms with Gasteiger partial charge in [-0.2, -0.15) is 4.31 Å². The van der Waals surface area contributed by atoms with E-state index in [2.05, 4.69) is 20.8 Å². The van der Waals surface area contributed by atoms with E-state index >= 15 is 0 Å². The molecule has 2 saturated heterocycles. The molecule has 2 fully saturated rings. The Labute approximate surface area is 134 Å². The lowest BCUT2D eigenvalue weighted by atomic mass is 10.0. The summed E-state index contributed by atoms with van der Waals surface area (Å²) in [6.07, 6.45) is 3.51. The molecule has 0 aromatic heterocycles. The molecule has 1 unspecified atom stereocenters. The zero-order valence-electron chi connectivity index (χ0n) is 11.8. The van der Waals surface area contributed by atoms with Crippen molar-refractivity contribution < 1.29 is 8.42 Å². The average molecular weight is 374 g/mol. The van der Waals surface area contributed by atoms with Gasteiger partial charge in [-0.05, 0) is 53.5 Å². The van der Waals surface area contributed by atoms with Crippen LogP contribution in [0.25, 0.3) is 0 Å². The number of sulfonamides is 1. The molecule has 2 heterocycles. The number of hydrogen-bond acceptors (Lipinski definition) is 4. The maximum atomic E-state index is 12.9. The van der Waals surface area contributed by atoms with E-state index in [1.807, 2.05) is 0 Å². The monoisotopic (exact) mass is 373 g/mol. The van der Waals surface area contributed by atoms with Crippen LogP contribution in [0.15, 0.2) is 27.6 Å². The Kier molecular flexibility index (Phi) is 4.27. The minimum atomic E-state index is -3.49. The third kappa shape index (κ3) is 2.97. The zero-order chi connectivity index (χ0) is 15.0. The predicted octanol–water partition coefficient (Wildman–Crippen LogP) is 1.89. The topological polar surface area (TPSA) is 66.6 Å². The molecule has 2 aliphatic rings. The van der Waals surface area contributed by atoms with Crippen molar-refractivity contribution in [2.75, 3.05) is 31.9 Å². The molecule has 116 valence electrons. The van der Waals surface area contributed by atoms with Crippen molar-refractivity contribution in [2.45, 2.75) is 30.2 Å². The lowest BCUT2D eigenvalue weighted by Crippen LogP contribution is -2.56. The van der Waals surface area contributed by atoms with Crippen molar-refractivity contribution in [3.63, 3.8) is 0 Å². The maximum absolute atomic E-state index is 12.9. The van der Waals surface area contributed by atoms with E-state index in [4.69, 9.17) is 5.73 Å². The smallest absolute Gasteiger partial charge is 0.244 e. The molecular weight excluding hydrogens is 354 g/mol. The number of piperidine rings is 1.